The van der Waals surface area contributed by atoms with Gasteiger partial charge in [0, 0.05) is 6.42 Å². The second-order valence-corrected chi connectivity index (χ2v) is 1.55. The molecule has 0 rings (SSSR count). The Balaban J connectivity index is 3.65. The van der Waals surface area contributed by atoms with E-state index >= 15 is 0 Å². The largest absolute Gasteiger partial charge is 0.379 e. The summed E-state index contributed by atoms with van der Waals surface area (Å²) in [5.74, 6) is 9.66. The van der Waals surface area contributed by atoms with Crippen LogP contribution in [0.1, 0.15) is 13.3 Å². The first-order valence-electron chi connectivity index (χ1n) is 2.83. The van der Waals surface area contributed by atoms with E-state index in [0.29, 0.717) is 6.29 Å². The van der Waals surface area contributed by atoms with Gasteiger partial charge in [0.1, 0.15) is 6.10 Å². The van der Waals surface area contributed by atoms with Crippen LogP contribution in [-0.4, -0.2) is 17.5 Å². The Morgan fingerprint density at radius 3 is 2.90 bits per heavy atom. The van der Waals surface area contributed by atoms with Gasteiger partial charge in [0.2, 0.25) is 0 Å². The SMILES string of the molecule is CC#CC(O)CC#CC=O. The second kappa shape index (κ2) is 5.88. The van der Waals surface area contributed by atoms with Crippen LogP contribution in [0.2, 0.25) is 0 Å². The molecule has 0 aromatic carbocycles. The van der Waals surface area contributed by atoms with Crippen molar-refractivity contribution in [2.75, 3.05) is 0 Å². The zero-order valence-electron chi connectivity index (χ0n) is 5.72. The number of aldehydes is 1. The van der Waals surface area contributed by atoms with E-state index < -0.39 is 6.10 Å². The fourth-order valence-corrected chi connectivity index (χ4v) is 0.415. The summed E-state index contributed by atoms with van der Waals surface area (Å²) in [4.78, 5) is 9.65. The van der Waals surface area contributed by atoms with Gasteiger partial charge in [0.05, 0.1) is 0 Å². The van der Waals surface area contributed by atoms with Gasteiger partial charge in [-0.25, -0.2) is 0 Å². The molecular formula is C8H8O2. The monoisotopic (exact) mass is 136 g/mol. The number of hydrogen-bond donors (Lipinski definition) is 1. The van der Waals surface area contributed by atoms with Gasteiger partial charge in [0.15, 0.2) is 6.29 Å². The van der Waals surface area contributed by atoms with Crippen LogP contribution in [0.5, 0.6) is 0 Å². The molecule has 0 aliphatic rings. The Bertz CT molecular complexity index is 209. The maximum Gasteiger partial charge on any atom is 0.192 e. The van der Waals surface area contributed by atoms with Crippen LogP contribution in [0.25, 0.3) is 0 Å². The van der Waals surface area contributed by atoms with Crippen LogP contribution in [0.3, 0.4) is 0 Å². The quantitative estimate of drug-likeness (QED) is 0.406. The van der Waals surface area contributed by atoms with E-state index in [1.165, 1.54) is 0 Å². The summed E-state index contributed by atoms with van der Waals surface area (Å²) in [6, 6.07) is 0. The first kappa shape index (κ1) is 8.75. The Morgan fingerprint density at radius 2 is 2.40 bits per heavy atom. The molecule has 0 fully saturated rings. The van der Waals surface area contributed by atoms with Crippen molar-refractivity contribution in [3.05, 3.63) is 0 Å². The van der Waals surface area contributed by atoms with Crippen molar-refractivity contribution >= 4 is 6.29 Å². The topological polar surface area (TPSA) is 37.3 Å². The Labute approximate surface area is 60.2 Å². The summed E-state index contributed by atoms with van der Waals surface area (Å²) in [7, 11) is 0. The lowest BCUT2D eigenvalue weighted by Crippen LogP contribution is -1.99. The van der Waals surface area contributed by atoms with Gasteiger partial charge >= 0.3 is 0 Å². The molecule has 0 spiro atoms. The van der Waals surface area contributed by atoms with E-state index in [2.05, 4.69) is 23.7 Å². The average molecular weight is 136 g/mol. The van der Waals surface area contributed by atoms with Crippen LogP contribution >= 0.6 is 0 Å². The van der Waals surface area contributed by atoms with E-state index in [1.807, 2.05) is 0 Å². The van der Waals surface area contributed by atoms with Crippen LogP contribution in [0.15, 0.2) is 0 Å². The maximum absolute atomic E-state index is 9.65. The number of aliphatic hydroxyl groups is 1. The predicted molar refractivity (Wildman–Crippen MR) is 37.9 cm³/mol. The first-order chi connectivity index (χ1) is 4.81. The summed E-state index contributed by atoms with van der Waals surface area (Å²) in [6.45, 7) is 1.64. The van der Waals surface area contributed by atoms with Crippen LogP contribution < -0.4 is 0 Å². The molecule has 1 N–H and O–H groups in total. The summed E-state index contributed by atoms with van der Waals surface area (Å²) >= 11 is 0. The third kappa shape index (κ3) is 4.90. The maximum atomic E-state index is 9.65. The molecule has 2 heteroatoms. The van der Waals surface area contributed by atoms with Crippen molar-refractivity contribution in [1.29, 1.82) is 0 Å². The Morgan fingerprint density at radius 1 is 1.70 bits per heavy atom. The van der Waals surface area contributed by atoms with Gasteiger partial charge in [-0.1, -0.05) is 11.8 Å². The van der Waals surface area contributed by atoms with Gasteiger partial charge in [-0.15, -0.1) is 5.92 Å². The average Bonchev–Trinajstić information content (AvgIpc) is 1.89. The summed E-state index contributed by atoms with van der Waals surface area (Å²) in [6.07, 6.45) is 0.00327. The van der Waals surface area contributed by atoms with Crippen LogP contribution in [-0.2, 0) is 4.79 Å². The van der Waals surface area contributed by atoms with Crippen molar-refractivity contribution in [1.82, 2.24) is 0 Å². The minimum atomic E-state index is -0.725. The zero-order chi connectivity index (χ0) is 7.82. The highest BCUT2D eigenvalue weighted by Crippen LogP contribution is 1.84. The number of rotatable bonds is 1. The number of carbonyl (C=O) groups excluding carboxylic acids is 1. The van der Waals surface area contributed by atoms with E-state index in [1.54, 1.807) is 6.92 Å². The Hall–Kier alpha value is -1.25. The van der Waals surface area contributed by atoms with E-state index in [9.17, 15) is 4.79 Å². The third-order valence-electron chi connectivity index (χ3n) is 0.767. The van der Waals surface area contributed by atoms with Gasteiger partial charge in [-0.2, -0.15) is 0 Å². The van der Waals surface area contributed by atoms with Crippen molar-refractivity contribution in [3.63, 3.8) is 0 Å². The highest BCUT2D eigenvalue weighted by Gasteiger charge is 1.91. The van der Waals surface area contributed by atoms with Crippen molar-refractivity contribution in [2.45, 2.75) is 19.4 Å². The third-order valence-corrected chi connectivity index (χ3v) is 0.767. The van der Waals surface area contributed by atoms with E-state index in [0.717, 1.165) is 0 Å². The molecule has 0 saturated heterocycles. The first-order valence-corrected chi connectivity index (χ1v) is 2.83. The molecule has 0 saturated carbocycles. The smallest absolute Gasteiger partial charge is 0.192 e. The van der Waals surface area contributed by atoms with Gasteiger partial charge in [-0.3, -0.25) is 4.79 Å². The predicted octanol–water partition coefficient (Wildman–Crippen LogP) is -0.0370. The minimum Gasteiger partial charge on any atom is -0.379 e. The molecule has 0 aromatic rings. The van der Waals surface area contributed by atoms with E-state index in [4.69, 9.17) is 5.11 Å². The molecule has 1 unspecified atom stereocenters. The lowest BCUT2D eigenvalue weighted by atomic mass is 10.2. The minimum absolute atomic E-state index is 0.236. The van der Waals surface area contributed by atoms with E-state index in [-0.39, 0.29) is 6.42 Å². The Kier molecular flexibility index (Phi) is 5.14. The molecule has 10 heavy (non-hydrogen) atoms. The second-order valence-electron chi connectivity index (χ2n) is 1.55. The molecule has 0 aromatic heterocycles. The molecule has 0 bridgehead atoms. The van der Waals surface area contributed by atoms with Crippen LogP contribution in [0, 0.1) is 23.7 Å². The normalized spacial score (nSPS) is 9.80. The fourth-order valence-electron chi connectivity index (χ4n) is 0.415. The fraction of sp³-hybridized carbons (Fsp3) is 0.375. The molecule has 0 aliphatic carbocycles. The molecule has 0 aliphatic heterocycles. The van der Waals surface area contributed by atoms with Crippen molar-refractivity contribution < 1.29 is 9.90 Å². The highest BCUT2D eigenvalue weighted by atomic mass is 16.3. The molecule has 0 heterocycles. The van der Waals surface area contributed by atoms with Gasteiger partial charge < -0.3 is 5.11 Å². The van der Waals surface area contributed by atoms with Crippen LogP contribution in [0.4, 0.5) is 0 Å². The van der Waals surface area contributed by atoms with Gasteiger partial charge in [-0.05, 0) is 12.8 Å². The zero-order valence-corrected chi connectivity index (χ0v) is 5.72. The summed E-state index contributed by atoms with van der Waals surface area (Å²) in [5, 5.41) is 8.88. The lowest BCUT2D eigenvalue weighted by molar-refractivity contribution is -0.103. The highest BCUT2D eigenvalue weighted by molar-refractivity contribution is 5.72. The molecule has 1 atom stereocenters. The molecule has 0 radical (unpaired) electrons. The number of aliphatic hydroxyl groups excluding tert-OH is 1. The number of carbonyl (C=O) groups is 1. The molecule has 52 valence electrons. The molecular weight excluding hydrogens is 128 g/mol. The summed E-state index contributed by atoms with van der Waals surface area (Å²) < 4.78 is 0. The van der Waals surface area contributed by atoms with Crippen molar-refractivity contribution in [2.24, 2.45) is 0 Å². The standard InChI is InChI=1S/C8H8O2/c1-2-5-8(10)6-3-4-7-9/h7-8,10H,6H2,1H3. The lowest BCUT2D eigenvalue weighted by Gasteiger charge is -1.91. The number of hydrogen-bond acceptors (Lipinski definition) is 2. The molecule has 2 nitrogen and oxygen atoms in total. The molecule has 0 amide bonds. The van der Waals surface area contributed by atoms with Gasteiger partial charge in [0.25, 0.3) is 0 Å². The summed E-state index contributed by atoms with van der Waals surface area (Å²) in [5.41, 5.74) is 0. The van der Waals surface area contributed by atoms with Crippen molar-refractivity contribution in [3.8, 4) is 23.7 Å².